The van der Waals surface area contributed by atoms with Gasteiger partial charge in [-0.2, -0.15) is 5.10 Å². The van der Waals surface area contributed by atoms with Gasteiger partial charge in [0, 0.05) is 29.6 Å². The van der Waals surface area contributed by atoms with Crippen molar-refractivity contribution in [3.8, 4) is 0 Å². The monoisotopic (exact) mass is 423 g/mol. The van der Waals surface area contributed by atoms with Crippen molar-refractivity contribution in [2.75, 3.05) is 10.5 Å². The zero-order chi connectivity index (χ0) is 20.5. The van der Waals surface area contributed by atoms with Gasteiger partial charge in [0.2, 0.25) is 15.9 Å². The minimum Gasteiger partial charge on any atom is -0.284 e. The maximum atomic E-state index is 14.4. The van der Waals surface area contributed by atoms with E-state index in [2.05, 4.69) is 9.82 Å². The van der Waals surface area contributed by atoms with Crippen LogP contribution in [0.3, 0.4) is 0 Å². The summed E-state index contributed by atoms with van der Waals surface area (Å²) in [6.07, 6.45) is 0.254. The molecule has 2 aromatic carbocycles. The number of carbonyl (C=O) groups excluding carboxylic acids is 1. The number of anilines is 1. The molecule has 2 aromatic rings. The first-order chi connectivity index (χ1) is 13.2. The number of hydrogen-bond donors (Lipinski definition) is 1. The van der Waals surface area contributed by atoms with Crippen LogP contribution in [-0.4, -0.2) is 30.8 Å². The molecule has 1 aliphatic rings. The lowest BCUT2D eigenvalue weighted by molar-refractivity contribution is -0.130. The smallest absolute Gasteiger partial charge is 0.240 e. The first-order valence-corrected chi connectivity index (χ1v) is 10.7. The van der Waals surface area contributed by atoms with Gasteiger partial charge in [0.15, 0.2) is 0 Å². The first kappa shape index (κ1) is 20.3. The van der Waals surface area contributed by atoms with Gasteiger partial charge >= 0.3 is 0 Å². The van der Waals surface area contributed by atoms with E-state index in [0.717, 1.165) is 0 Å². The van der Waals surface area contributed by atoms with Crippen LogP contribution >= 0.6 is 11.6 Å². The van der Waals surface area contributed by atoms with Crippen LogP contribution in [0.5, 0.6) is 0 Å². The molecule has 1 atom stereocenters. The van der Waals surface area contributed by atoms with E-state index in [1.165, 1.54) is 24.1 Å². The van der Waals surface area contributed by atoms with Gasteiger partial charge < -0.3 is 0 Å². The average Bonchev–Trinajstić information content (AvgIpc) is 3.07. The molecule has 0 spiro atoms. The number of benzene rings is 2. The summed E-state index contributed by atoms with van der Waals surface area (Å²) in [6, 6.07) is 10.4. The minimum absolute atomic E-state index is 0.0514. The van der Waals surface area contributed by atoms with Crippen molar-refractivity contribution < 1.29 is 17.6 Å². The molecule has 148 valence electrons. The second-order valence-electron chi connectivity index (χ2n) is 6.35. The van der Waals surface area contributed by atoms with Crippen molar-refractivity contribution in [3.05, 3.63) is 64.4 Å². The predicted molar refractivity (Wildman–Crippen MR) is 107 cm³/mol. The molecule has 9 heteroatoms. The standard InChI is InChI=1S/C19H19ClFN3O3S/c1-3-28(26,27)23-14-7-4-6-13(10-14)17-11-18(24(22-17)12(2)25)19-15(20)8-5-9-16(19)21/h4-10,18,23H,3,11H2,1-2H3/t18-/m1/s1. The Bertz CT molecular complexity index is 1040. The number of sulfonamides is 1. The predicted octanol–water partition coefficient (Wildman–Crippen LogP) is 3.94. The van der Waals surface area contributed by atoms with Crippen molar-refractivity contribution in [3.63, 3.8) is 0 Å². The molecule has 0 aliphatic carbocycles. The second kappa shape index (κ2) is 7.89. The quantitative estimate of drug-likeness (QED) is 0.791. The summed E-state index contributed by atoms with van der Waals surface area (Å²) in [5, 5.41) is 5.78. The third-order valence-corrected chi connectivity index (χ3v) is 6.05. The Kier molecular flexibility index (Phi) is 5.71. The third kappa shape index (κ3) is 4.18. The minimum atomic E-state index is -3.42. The average molecular weight is 424 g/mol. The number of hydrazone groups is 1. The van der Waals surface area contributed by atoms with Crippen LogP contribution in [-0.2, 0) is 14.8 Å². The van der Waals surface area contributed by atoms with Crippen molar-refractivity contribution in [2.45, 2.75) is 26.3 Å². The SMILES string of the molecule is CCS(=O)(=O)Nc1cccc(C2=NN(C(C)=O)[C@@H](c3c(F)cccc3Cl)C2)c1. The van der Waals surface area contributed by atoms with Gasteiger partial charge in [-0.15, -0.1) is 0 Å². The third-order valence-electron chi connectivity index (χ3n) is 4.42. The van der Waals surface area contributed by atoms with Crippen LogP contribution < -0.4 is 4.72 Å². The van der Waals surface area contributed by atoms with E-state index in [0.29, 0.717) is 17.0 Å². The number of nitrogens with zero attached hydrogens (tertiary/aromatic N) is 2. The molecule has 0 unspecified atom stereocenters. The van der Waals surface area contributed by atoms with Gasteiger partial charge in [-0.05, 0) is 36.8 Å². The van der Waals surface area contributed by atoms with Crippen LogP contribution in [0.4, 0.5) is 10.1 Å². The van der Waals surface area contributed by atoms with Crippen molar-refractivity contribution in [1.82, 2.24) is 5.01 Å². The van der Waals surface area contributed by atoms with Gasteiger partial charge in [0.1, 0.15) is 5.82 Å². The molecular formula is C19H19ClFN3O3S. The van der Waals surface area contributed by atoms with Crippen molar-refractivity contribution >= 4 is 38.9 Å². The number of nitrogens with one attached hydrogen (secondary N) is 1. The number of rotatable bonds is 5. The summed E-state index contributed by atoms with van der Waals surface area (Å²) in [5.41, 5.74) is 1.78. The Labute approximate surface area is 168 Å². The molecule has 0 bridgehead atoms. The van der Waals surface area contributed by atoms with E-state index in [9.17, 15) is 17.6 Å². The summed E-state index contributed by atoms with van der Waals surface area (Å²) in [5.74, 6) is -0.906. The molecule has 0 aromatic heterocycles. The Hall–Kier alpha value is -2.45. The highest BCUT2D eigenvalue weighted by Crippen LogP contribution is 2.38. The van der Waals surface area contributed by atoms with Gasteiger partial charge in [0.25, 0.3) is 0 Å². The summed E-state index contributed by atoms with van der Waals surface area (Å²) in [4.78, 5) is 12.1. The van der Waals surface area contributed by atoms with Crippen LogP contribution in [0.1, 0.15) is 37.4 Å². The molecule has 0 radical (unpaired) electrons. The maximum absolute atomic E-state index is 14.4. The highest BCUT2D eigenvalue weighted by atomic mass is 35.5. The second-order valence-corrected chi connectivity index (χ2v) is 8.77. The largest absolute Gasteiger partial charge is 0.284 e. The Morgan fingerprint density at radius 3 is 2.68 bits per heavy atom. The lowest BCUT2D eigenvalue weighted by atomic mass is 9.97. The number of halogens is 2. The fraction of sp³-hybridized carbons (Fsp3) is 0.263. The van der Waals surface area contributed by atoms with E-state index >= 15 is 0 Å². The Morgan fingerprint density at radius 2 is 2.04 bits per heavy atom. The van der Waals surface area contributed by atoms with Crippen LogP contribution in [0.15, 0.2) is 47.6 Å². The zero-order valence-corrected chi connectivity index (χ0v) is 16.9. The lowest BCUT2D eigenvalue weighted by Gasteiger charge is -2.21. The highest BCUT2D eigenvalue weighted by molar-refractivity contribution is 7.92. The molecule has 0 fully saturated rings. The molecule has 1 amide bonds. The van der Waals surface area contributed by atoms with E-state index < -0.39 is 21.9 Å². The summed E-state index contributed by atoms with van der Waals surface area (Å²) in [7, 11) is -3.42. The Morgan fingerprint density at radius 1 is 1.32 bits per heavy atom. The van der Waals surface area contributed by atoms with Crippen LogP contribution in [0, 0.1) is 5.82 Å². The molecule has 6 nitrogen and oxygen atoms in total. The van der Waals surface area contributed by atoms with E-state index in [1.54, 1.807) is 37.3 Å². The van der Waals surface area contributed by atoms with Gasteiger partial charge in [-0.3, -0.25) is 9.52 Å². The normalized spacial score (nSPS) is 16.8. The van der Waals surface area contributed by atoms with Crippen molar-refractivity contribution in [1.29, 1.82) is 0 Å². The summed E-state index contributed by atoms with van der Waals surface area (Å²) >= 11 is 6.18. The van der Waals surface area contributed by atoms with E-state index in [4.69, 9.17) is 11.6 Å². The molecule has 0 saturated heterocycles. The number of amides is 1. The summed E-state index contributed by atoms with van der Waals surface area (Å²) < 4.78 is 40.5. The fourth-order valence-corrected chi connectivity index (χ4v) is 3.96. The molecular weight excluding hydrogens is 405 g/mol. The summed E-state index contributed by atoms with van der Waals surface area (Å²) in [6.45, 7) is 2.89. The van der Waals surface area contributed by atoms with Gasteiger partial charge in [-0.1, -0.05) is 29.8 Å². The lowest BCUT2D eigenvalue weighted by Crippen LogP contribution is -2.25. The topological polar surface area (TPSA) is 78.8 Å². The molecule has 28 heavy (non-hydrogen) atoms. The first-order valence-electron chi connectivity index (χ1n) is 8.64. The Balaban J connectivity index is 1.96. The molecule has 1 N–H and O–H groups in total. The van der Waals surface area contributed by atoms with Crippen molar-refractivity contribution in [2.24, 2.45) is 5.10 Å². The van der Waals surface area contributed by atoms with E-state index in [1.807, 2.05) is 0 Å². The van der Waals surface area contributed by atoms with Crippen LogP contribution in [0.25, 0.3) is 0 Å². The van der Waals surface area contributed by atoms with Gasteiger partial charge in [-0.25, -0.2) is 17.8 Å². The highest BCUT2D eigenvalue weighted by Gasteiger charge is 2.34. The molecule has 1 heterocycles. The number of hydrogen-bond acceptors (Lipinski definition) is 4. The fourth-order valence-electron chi connectivity index (χ4n) is 3.04. The molecule has 0 saturated carbocycles. The number of carbonyl (C=O) groups is 1. The zero-order valence-electron chi connectivity index (χ0n) is 15.3. The van der Waals surface area contributed by atoms with Crippen LogP contribution in [0.2, 0.25) is 5.02 Å². The van der Waals surface area contributed by atoms with E-state index in [-0.39, 0.29) is 28.7 Å². The molecule has 1 aliphatic heterocycles. The molecule has 3 rings (SSSR count). The van der Waals surface area contributed by atoms with Gasteiger partial charge in [0.05, 0.1) is 17.5 Å². The maximum Gasteiger partial charge on any atom is 0.240 e.